The number of fused-ring (bicyclic) bond motifs is 1. The van der Waals surface area contributed by atoms with E-state index in [2.05, 4.69) is 10.3 Å². The fraction of sp³-hybridized carbons (Fsp3) is 0.409. The van der Waals surface area contributed by atoms with Crippen molar-refractivity contribution in [3.05, 3.63) is 51.3 Å². The summed E-state index contributed by atoms with van der Waals surface area (Å²) in [5, 5.41) is 8.57. The molecular formula is C22H27ClN6O. The van der Waals surface area contributed by atoms with E-state index < -0.39 is 0 Å². The number of hydrogen-bond acceptors (Lipinski definition) is 5. The molecule has 158 valence electrons. The van der Waals surface area contributed by atoms with Gasteiger partial charge in [0.2, 0.25) is 0 Å². The van der Waals surface area contributed by atoms with Crippen LogP contribution in [0.15, 0.2) is 18.2 Å². The number of anilines is 2. The number of nitrogens with one attached hydrogen (secondary N) is 1. The zero-order chi connectivity index (χ0) is 21.6. The van der Waals surface area contributed by atoms with Crippen molar-refractivity contribution in [2.24, 2.45) is 0 Å². The van der Waals surface area contributed by atoms with E-state index in [0.717, 1.165) is 53.2 Å². The van der Waals surface area contributed by atoms with E-state index in [1.807, 2.05) is 43.3 Å². The minimum absolute atomic E-state index is 0.103. The lowest BCUT2D eigenvalue weighted by Crippen LogP contribution is -2.39. The van der Waals surface area contributed by atoms with E-state index in [0.29, 0.717) is 22.8 Å². The Morgan fingerprint density at radius 1 is 1.23 bits per heavy atom. The second-order valence-electron chi connectivity index (χ2n) is 7.95. The maximum Gasteiger partial charge on any atom is 0.256 e. The van der Waals surface area contributed by atoms with Gasteiger partial charge in [0, 0.05) is 41.6 Å². The highest BCUT2D eigenvalue weighted by atomic mass is 35.5. The van der Waals surface area contributed by atoms with Crippen molar-refractivity contribution in [2.45, 2.75) is 46.1 Å². The molecule has 1 aromatic carbocycles. The average molecular weight is 427 g/mol. The highest BCUT2D eigenvalue weighted by molar-refractivity contribution is 6.31. The molecule has 1 aliphatic rings. The van der Waals surface area contributed by atoms with Gasteiger partial charge in [-0.15, -0.1) is 0 Å². The molecule has 1 saturated heterocycles. The smallest absolute Gasteiger partial charge is 0.256 e. The van der Waals surface area contributed by atoms with Gasteiger partial charge in [-0.2, -0.15) is 9.61 Å². The standard InChI is InChI=1S/C22H27ClN6O/c1-12-9-15(23)10-16(20(12)24)22(30)28-8-6-5-7-18(28)17-11-19-26-14(3)13(2)21(25-4)29(19)27-17/h9-11,18,25H,5-8,24H2,1-4H3. The molecule has 1 aliphatic heterocycles. The number of nitrogens with zero attached hydrogens (tertiary/aromatic N) is 4. The minimum atomic E-state index is -0.128. The normalized spacial score (nSPS) is 16.8. The van der Waals surface area contributed by atoms with Gasteiger partial charge in [-0.3, -0.25) is 4.79 Å². The number of amides is 1. The summed E-state index contributed by atoms with van der Waals surface area (Å²) in [6.07, 6.45) is 2.84. The maximum absolute atomic E-state index is 13.5. The summed E-state index contributed by atoms with van der Waals surface area (Å²) in [7, 11) is 1.88. The first-order valence-corrected chi connectivity index (χ1v) is 10.6. The minimum Gasteiger partial charge on any atom is -0.398 e. The van der Waals surface area contributed by atoms with Crippen molar-refractivity contribution < 1.29 is 4.79 Å². The molecule has 7 nitrogen and oxygen atoms in total. The number of nitrogens with two attached hydrogens (primary N) is 1. The Kier molecular flexibility index (Phi) is 5.32. The zero-order valence-electron chi connectivity index (χ0n) is 17.8. The average Bonchev–Trinajstić information content (AvgIpc) is 3.14. The number of piperidine rings is 1. The first-order chi connectivity index (χ1) is 14.3. The third kappa shape index (κ3) is 3.37. The lowest BCUT2D eigenvalue weighted by Gasteiger charge is -2.35. The van der Waals surface area contributed by atoms with Crippen LogP contribution in [0.5, 0.6) is 0 Å². The fourth-order valence-electron chi connectivity index (χ4n) is 4.24. The molecule has 1 atom stereocenters. The van der Waals surface area contributed by atoms with Crippen LogP contribution in [0.1, 0.15) is 58.2 Å². The van der Waals surface area contributed by atoms with E-state index in [1.54, 1.807) is 12.1 Å². The van der Waals surface area contributed by atoms with Crippen molar-refractivity contribution in [1.29, 1.82) is 0 Å². The summed E-state index contributed by atoms with van der Waals surface area (Å²) in [6, 6.07) is 5.29. The Morgan fingerprint density at radius 3 is 2.73 bits per heavy atom. The van der Waals surface area contributed by atoms with Gasteiger partial charge in [0.05, 0.1) is 17.3 Å². The molecule has 2 aromatic heterocycles. The highest BCUT2D eigenvalue weighted by Gasteiger charge is 2.32. The molecule has 1 amide bonds. The number of aromatic nitrogens is 3. The number of likely N-dealkylation sites (tertiary alicyclic amines) is 1. The first kappa shape index (κ1) is 20.5. The molecule has 3 aromatic rings. The third-order valence-electron chi connectivity index (χ3n) is 6.03. The Balaban J connectivity index is 1.77. The molecule has 0 radical (unpaired) electrons. The summed E-state index contributed by atoms with van der Waals surface area (Å²) in [5.41, 5.74) is 11.6. The molecule has 3 N–H and O–H groups in total. The number of rotatable bonds is 3. The monoisotopic (exact) mass is 426 g/mol. The molecule has 4 rings (SSSR count). The Labute approximate surface area is 181 Å². The number of halogens is 1. The van der Waals surface area contributed by atoms with Crippen molar-refractivity contribution in [2.75, 3.05) is 24.6 Å². The highest BCUT2D eigenvalue weighted by Crippen LogP contribution is 2.34. The molecule has 0 saturated carbocycles. The topological polar surface area (TPSA) is 88.5 Å². The van der Waals surface area contributed by atoms with Gasteiger partial charge in [0.25, 0.3) is 5.91 Å². The van der Waals surface area contributed by atoms with E-state index in [-0.39, 0.29) is 11.9 Å². The molecule has 0 spiro atoms. The van der Waals surface area contributed by atoms with E-state index in [9.17, 15) is 4.79 Å². The quantitative estimate of drug-likeness (QED) is 0.609. The van der Waals surface area contributed by atoms with Gasteiger partial charge in [0.15, 0.2) is 5.65 Å². The molecule has 8 heteroatoms. The summed E-state index contributed by atoms with van der Waals surface area (Å²) >= 11 is 6.22. The second-order valence-corrected chi connectivity index (χ2v) is 8.39. The molecule has 0 bridgehead atoms. The van der Waals surface area contributed by atoms with Crippen molar-refractivity contribution in [3.63, 3.8) is 0 Å². The van der Waals surface area contributed by atoms with Crippen LogP contribution in [0.25, 0.3) is 5.65 Å². The van der Waals surface area contributed by atoms with Crippen molar-refractivity contribution >= 4 is 34.7 Å². The summed E-state index contributed by atoms with van der Waals surface area (Å²) < 4.78 is 1.83. The molecule has 30 heavy (non-hydrogen) atoms. The van der Waals surface area contributed by atoms with Crippen LogP contribution < -0.4 is 11.1 Å². The van der Waals surface area contributed by atoms with Crippen molar-refractivity contribution in [1.82, 2.24) is 19.5 Å². The van der Waals surface area contributed by atoms with E-state index >= 15 is 0 Å². The summed E-state index contributed by atoms with van der Waals surface area (Å²) in [6.45, 7) is 6.54. The molecule has 1 fully saturated rings. The van der Waals surface area contributed by atoms with E-state index in [1.165, 1.54) is 0 Å². The SMILES string of the molecule is CNc1c(C)c(C)nc2cc(C3CCCCN3C(=O)c3cc(Cl)cc(C)c3N)nn12. The molecular weight excluding hydrogens is 400 g/mol. The largest absolute Gasteiger partial charge is 0.398 e. The van der Waals surface area contributed by atoms with Crippen LogP contribution >= 0.6 is 11.6 Å². The number of aryl methyl sites for hydroxylation is 2. The Bertz CT molecular complexity index is 1140. The number of carbonyl (C=O) groups is 1. The number of hydrogen-bond donors (Lipinski definition) is 2. The van der Waals surface area contributed by atoms with Crippen LogP contribution in [-0.2, 0) is 0 Å². The summed E-state index contributed by atoms with van der Waals surface area (Å²) in [4.78, 5) is 20.0. The predicted octanol–water partition coefficient (Wildman–Crippen LogP) is 4.30. The molecule has 3 heterocycles. The number of benzene rings is 1. The van der Waals surface area contributed by atoms with Crippen LogP contribution in [0.2, 0.25) is 5.02 Å². The van der Waals surface area contributed by atoms with Gasteiger partial charge in [-0.25, -0.2) is 4.98 Å². The van der Waals surface area contributed by atoms with Gasteiger partial charge in [-0.05, 0) is 57.7 Å². The molecule has 0 aliphatic carbocycles. The third-order valence-corrected chi connectivity index (χ3v) is 6.24. The lowest BCUT2D eigenvalue weighted by molar-refractivity contribution is 0.0607. The number of carbonyl (C=O) groups excluding carboxylic acids is 1. The first-order valence-electron chi connectivity index (χ1n) is 10.2. The maximum atomic E-state index is 13.5. The Hall–Kier alpha value is -2.80. The van der Waals surface area contributed by atoms with Crippen LogP contribution in [0, 0.1) is 20.8 Å². The zero-order valence-corrected chi connectivity index (χ0v) is 18.5. The lowest BCUT2D eigenvalue weighted by atomic mass is 9.97. The predicted molar refractivity (Wildman–Crippen MR) is 120 cm³/mol. The second kappa shape index (κ2) is 7.80. The van der Waals surface area contributed by atoms with Crippen LogP contribution in [-0.4, -0.2) is 39.0 Å². The molecule has 1 unspecified atom stereocenters. The van der Waals surface area contributed by atoms with E-state index in [4.69, 9.17) is 22.4 Å². The van der Waals surface area contributed by atoms with Gasteiger partial charge in [0.1, 0.15) is 5.82 Å². The van der Waals surface area contributed by atoms with Gasteiger partial charge < -0.3 is 16.0 Å². The van der Waals surface area contributed by atoms with Gasteiger partial charge >= 0.3 is 0 Å². The van der Waals surface area contributed by atoms with Crippen molar-refractivity contribution in [3.8, 4) is 0 Å². The Morgan fingerprint density at radius 2 is 2.00 bits per heavy atom. The fourth-order valence-corrected chi connectivity index (χ4v) is 4.52. The number of nitrogen functional groups attached to an aromatic ring is 1. The van der Waals surface area contributed by atoms with Crippen LogP contribution in [0.3, 0.4) is 0 Å². The summed E-state index contributed by atoms with van der Waals surface area (Å²) in [5.74, 6) is 0.807. The van der Waals surface area contributed by atoms with Crippen LogP contribution in [0.4, 0.5) is 11.5 Å². The van der Waals surface area contributed by atoms with Gasteiger partial charge in [-0.1, -0.05) is 11.6 Å².